The van der Waals surface area contributed by atoms with Gasteiger partial charge in [-0.05, 0) is 53.9 Å². The number of carbonyl (C=O) groups excluding carboxylic acids is 4. The predicted octanol–water partition coefficient (Wildman–Crippen LogP) is 6.41. The van der Waals surface area contributed by atoms with Crippen molar-refractivity contribution >= 4 is 29.3 Å². The molecule has 13 heteroatoms. The molecule has 0 bridgehead atoms. The van der Waals surface area contributed by atoms with Gasteiger partial charge in [-0.1, -0.05) is 33.1 Å². The average molecular weight is 595 g/mol. The first kappa shape index (κ1) is 31.8. The Morgan fingerprint density at radius 1 is 0.619 bits per heavy atom. The quantitative estimate of drug-likeness (QED) is 0.279. The Morgan fingerprint density at radius 3 is 1.52 bits per heavy atom. The summed E-state index contributed by atoms with van der Waals surface area (Å²) < 4.78 is 88.3. The van der Waals surface area contributed by atoms with Gasteiger partial charge in [-0.25, -0.2) is 4.90 Å². The van der Waals surface area contributed by atoms with Gasteiger partial charge in [-0.15, -0.1) is 0 Å². The maximum absolute atomic E-state index is 14.7. The van der Waals surface area contributed by atoms with Crippen LogP contribution in [0, 0.1) is 6.92 Å². The van der Waals surface area contributed by atoms with Crippen LogP contribution in [0.3, 0.4) is 0 Å². The zero-order valence-corrected chi connectivity index (χ0v) is 20.4. The van der Waals surface area contributed by atoms with E-state index in [1.165, 1.54) is 19.1 Å². The molecular formula is C29H24F6N2O5. The molecule has 2 aliphatic heterocycles. The van der Waals surface area contributed by atoms with Crippen LogP contribution in [-0.2, 0) is 5.41 Å². The summed E-state index contributed by atoms with van der Waals surface area (Å²) in [6, 6.07) is 6.78. The van der Waals surface area contributed by atoms with Gasteiger partial charge in [0.1, 0.15) is 5.75 Å². The fourth-order valence-electron chi connectivity index (χ4n) is 5.02. The number of phenols is 1. The van der Waals surface area contributed by atoms with Crippen LogP contribution in [0.5, 0.6) is 5.75 Å². The molecule has 0 saturated heterocycles. The van der Waals surface area contributed by atoms with Crippen molar-refractivity contribution in [3.8, 4) is 5.75 Å². The number of rotatable bonds is 3. The summed E-state index contributed by atoms with van der Waals surface area (Å²) in [7, 11) is 1.04. The summed E-state index contributed by atoms with van der Waals surface area (Å²) >= 11 is 0. The van der Waals surface area contributed by atoms with E-state index in [2.05, 4.69) is 0 Å². The topological polar surface area (TPSA) is 95.0 Å². The molecule has 1 N–H and O–H groups in total. The van der Waals surface area contributed by atoms with E-state index in [4.69, 9.17) is 0 Å². The molecule has 0 fully saturated rings. The molecule has 0 saturated carbocycles. The number of alkyl halides is 6. The van der Waals surface area contributed by atoms with Crippen LogP contribution in [0.4, 0.5) is 32.0 Å². The molecule has 4 amide bonds. The molecule has 3 aromatic carbocycles. The fraction of sp³-hybridized carbons (Fsp3) is 0.241. The van der Waals surface area contributed by atoms with Crippen LogP contribution in [0.2, 0.25) is 0 Å². The molecule has 0 aliphatic carbocycles. The van der Waals surface area contributed by atoms with Crippen molar-refractivity contribution in [2.75, 3.05) is 11.9 Å². The highest BCUT2D eigenvalue weighted by atomic mass is 19.4. The maximum atomic E-state index is 14.7. The monoisotopic (exact) mass is 594 g/mol. The lowest BCUT2D eigenvalue weighted by Gasteiger charge is -2.38. The Morgan fingerprint density at radius 2 is 1.05 bits per heavy atom. The number of amides is 4. The van der Waals surface area contributed by atoms with E-state index in [9.17, 15) is 50.6 Å². The summed E-state index contributed by atoms with van der Waals surface area (Å²) in [5.41, 5.74) is -9.47. The number of hydrogen-bond donors (Lipinski definition) is 1. The summed E-state index contributed by atoms with van der Waals surface area (Å²) in [6.07, 6.45) is -12.1. The van der Waals surface area contributed by atoms with E-state index in [0.717, 1.165) is 13.1 Å². The van der Waals surface area contributed by atoms with E-state index in [1.54, 1.807) is 0 Å². The summed E-state index contributed by atoms with van der Waals surface area (Å²) in [5.74, 6) is -4.46. The minimum atomic E-state index is -6.06. The highest BCUT2D eigenvalue weighted by Gasteiger charge is 2.73. The number of anilines is 1. The number of nitrogens with zero attached hydrogens (tertiary/aromatic N) is 2. The molecule has 0 aromatic heterocycles. The number of imide groups is 2. The van der Waals surface area contributed by atoms with Gasteiger partial charge < -0.3 is 5.11 Å². The van der Waals surface area contributed by atoms with Crippen LogP contribution in [0.15, 0.2) is 54.6 Å². The SMILES string of the molecule is C.C.Cc1ccc(N2C(=O)c3ccc(C(c4ccc5c(c4)C(=O)N(C)C5=O)(C(F)(F)F)C(F)(F)F)cc3C2=O)cc1O. The average Bonchev–Trinajstić information content (AvgIpc) is 3.24. The number of fused-ring (bicyclic) bond motifs is 2. The van der Waals surface area contributed by atoms with Gasteiger partial charge in [0.2, 0.25) is 5.41 Å². The fourth-order valence-corrected chi connectivity index (χ4v) is 5.02. The predicted molar refractivity (Wildman–Crippen MR) is 140 cm³/mol. The molecular weight excluding hydrogens is 570 g/mol. The van der Waals surface area contributed by atoms with Gasteiger partial charge in [-0.2, -0.15) is 26.3 Å². The highest BCUT2D eigenvalue weighted by Crippen LogP contribution is 2.57. The van der Waals surface area contributed by atoms with Gasteiger partial charge in [0.25, 0.3) is 23.6 Å². The van der Waals surface area contributed by atoms with E-state index in [-0.39, 0.29) is 31.9 Å². The lowest BCUT2D eigenvalue weighted by Crippen LogP contribution is -2.55. The third-order valence-electron chi connectivity index (χ3n) is 7.14. The first-order chi connectivity index (χ1) is 18.5. The second kappa shape index (κ2) is 10.00. The van der Waals surface area contributed by atoms with E-state index in [1.807, 2.05) is 0 Å². The third-order valence-corrected chi connectivity index (χ3v) is 7.14. The number of aromatic hydroxyl groups is 1. The minimum Gasteiger partial charge on any atom is -0.508 e. The van der Waals surface area contributed by atoms with E-state index < -0.39 is 69.2 Å². The van der Waals surface area contributed by atoms with Crippen molar-refractivity contribution in [3.63, 3.8) is 0 Å². The van der Waals surface area contributed by atoms with Crippen LogP contribution in [0.1, 0.15) is 73.0 Å². The largest absolute Gasteiger partial charge is 0.508 e. The molecule has 5 rings (SSSR count). The molecule has 0 spiro atoms. The molecule has 3 aromatic rings. The van der Waals surface area contributed by atoms with Crippen molar-refractivity contribution in [1.82, 2.24) is 4.90 Å². The molecule has 7 nitrogen and oxygen atoms in total. The second-order valence-electron chi connectivity index (χ2n) is 9.35. The smallest absolute Gasteiger partial charge is 0.411 e. The highest BCUT2D eigenvalue weighted by molar-refractivity contribution is 6.34. The third kappa shape index (κ3) is 4.13. The number of aryl methyl sites for hydroxylation is 1. The zero-order valence-electron chi connectivity index (χ0n) is 20.4. The first-order valence-corrected chi connectivity index (χ1v) is 11.5. The minimum absolute atomic E-state index is 0. The van der Waals surface area contributed by atoms with Crippen molar-refractivity contribution in [2.45, 2.75) is 39.5 Å². The molecule has 2 aliphatic rings. The van der Waals surface area contributed by atoms with Crippen LogP contribution in [-0.4, -0.2) is 53.0 Å². The summed E-state index contributed by atoms with van der Waals surface area (Å²) in [5, 5.41) is 9.98. The van der Waals surface area contributed by atoms with E-state index in [0.29, 0.717) is 51.8 Å². The number of hydrogen-bond acceptors (Lipinski definition) is 5. The van der Waals surface area contributed by atoms with Crippen molar-refractivity contribution < 1.29 is 50.6 Å². The molecule has 222 valence electrons. The molecule has 0 radical (unpaired) electrons. The normalized spacial score (nSPS) is 15.0. The summed E-state index contributed by atoms with van der Waals surface area (Å²) in [4.78, 5) is 51.8. The Kier molecular flexibility index (Phi) is 7.58. The van der Waals surface area contributed by atoms with Crippen LogP contribution in [0.25, 0.3) is 0 Å². The lowest BCUT2D eigenvalue weighted by atomic mass is 9.71. The molecule has 2 heterocycles. The van der Waals surface area contributed by atoms with Gasteiger partial charge in [0.15, 0.2) is 0 Å². The Labute approximate surface area is 236 Å². The second-order valence-corrected chi connectivity index (χ2v) is 9.35. The zero-order chi connectivity index (χ0) is 29.5. The number of benzene rings is 3. The van der Waals surface area contributed by atoms with Crippen molar-refractivity contribution in [1.29, 1.82) is 0 Å². The number of halogens is 6. The summed E-state index contributed by atoms with van der Waals surface area (Å²) in [6.45, 7) is 1.53. The molecule has 0 atom stereocenters. The van der Waals surface area contributed by atoms with Crippen molar-refractivity contribution in [2.24, 2.45) is 0 Å². The first-order valence-electron chi connectivity index (χ1n) is 11.5. The van der Waals surface area contributed by atoms with Crippen LogP contribution >= 0.6 is 0 Å². The lowest BCUT2D eigenvalue weighted by molar-refractivity contribution is -0.288. The Hall–Kier alpha value is -4.68. The van der Waals surface area contributed by atoms with Gasteiger partial charge in [-0.3, -0.25) is 24.1 Å². The number of carbonyl (C=O) groups is 4. The van der Waals surface area contributed by atoms with Crippen molar-refractivity contribution in [3.05, 3.63) is 93.5 Å². The van der Waals surface area contributed by atoms with Gasteiger partial charge in [0.05, 0.1) is 27.9 Å². The molecule has 0 unspecified atom stereocenters. The van der Waals surface area contributed by atoms with Gasteiger partial charge in [0, 0.05) is 13.1 Å². The maximum Gasteiger partial charge on any atom is 0.411 e. The molecule has 42 heavy (non-hydrogen) atoms. The van der Waals surface area contributed by atoms with Gasteiger partial charge >= 0.3 is 12.4 Å². The van der Waals surface area contributed by atoms with Crippen LogP contribution < -0.4 is 4.90 Å². The Balaban J connectivity index is 0.00000242. The standard InChI is InChI=1S/C27H16F6N2O5.2CH4/c1-12-3-6-15(11-20(12)36)35-23(39)17-8-5-14(10-19(17)24(35)40)25(26(28,29)30,27(31,32)33)13-4-7-16-18(9-13)22(38)34(2)21(16)37;;/h3-11,36H,1-2H3;2*1H4. The Bertz CT molecular complexity index is 1650. The number of phenolic OH excluding ortho intramolecular Hbond substituents is 1. The van der Waals surface area contributed by atoms with E-state index >= 15 is 0 Å².